The Morgan fingerprint density at radius 1 is 1.17 bits per heavy atom. The van der Waals surface area contributed by atoms with E-state index in [1.54, 1.807) is 19.1 Å². The number of aryl methyl sites for hydroxylation is 1. The maximum Gasteiger partial charge on any atom is 0.471 e. The number of amides is 1. The van der Waals surface area contributed by atoms with Crippen LogP contribution in [0.15, 0.2) is 36.4 Å². The number of fused-ring (bicyclic) bond motifs is 1. The van der Waals surface area contributed by atoms with Crippen LogP contribution in [-0.4, -0.2) is 49.5 Å². The van der Waals surface area contributed by atoms with Crippen LogP contribution in [0.4, 0.5) is 28.9 Å². The minimum atomic E-state index is -5.16. The van der Waals surface area contributed by atoms with E-state index >= 15 is 0 Å². The molecule has 0 aromatic heterocycles. The zero-order valence-electron chi connectivity index (χ0n) is 19.4. The number of hydrogen-bond donors (Lipinski definition) is 1. The summed E-state index contributed by atoms with van der Waals surface area (Å²) in [6.45, 7) is 2.48. The van der Waals surface area contributed by atoms with Crippen LogP contribution in [0.2, 0.25) is 0 Å². The molecule has 0 atom stereocenters. The normalized spacial score (nSPS) is 13.4. The van der Waals surface area contributed by atoms with Gasteiger partial charge < -0.3 is 19.6 Å². The van der Waals surface area contributed by atoms with Crippen molar-refractivity contribution in [3.05, 3.63) is 58.9 Å². The molecule has 1 N–H and O–H groups in total. The highest BCUT2D eigenvalue weighted by molar-refractivity contribution is 5.97. The molecule has 0 spiro atoms. The molecule has 1 amide bonds. The zero-order chi connectivity index (χ0) is 25.6. The molecular formula is C25H28F4N2O4. The summed E-state index contributed by atoms with van der Waals surface area (Å²) < 4.78 is 60.0. The van der Waals surface area contributed by atoms with Crippen molar-refractivity contribution in [1.29, 1.82) is 0 Å². The fourth-order valence-corrected chi connectivity index (χ4v) is 4.25. The standard InChI is InChI=1S/C25H28F4N2O4/c1-2-35-23(33)11-9-17-8-10-19(15-21(17)26)31(24(34)25(27,28)29)16-18-5-3-7-22-20(18)6-4-12-30(22)13-14-32/h3,5,7-8,10,15,32H,2,4,6,9,11-14,16H2,1H3. The molecule has 2 aromatic carbocycles. The lowest BCUT2D eigenvalue weighted by Crippen LogP contribution is -2.41. The molecule has 6 nitrogen and oxygen atoms in total. The van der Waals surface area contributed by atoms with Gasteiger partial charge in [0.15, 0.2) is 0 Å². The number of alkyl halides is 3. The number of anilines is 2. The zero-order valence-corrected chi connectivity index (χ0v) is 19.4. The average Bonchev–Trinajstić information content (AvgIpc) is 2.81. The molecule has 1 aliphatic rings. The van der Waals surface area contributed by atoms with Gasteiger partial charge in [0.25, 0.3) is 0 Å². The first kappa shape index (κ1) is 26.5. The monoisotopic (exact) mass is 496 g/mol. The maximum atomic E-state index is 14.8. The fraction of sp³-hybridized carbons (Fsp3) is 0.440. The first-order chi connectivity index (χ1) is 16.7. The van der Waals surface area contributed by atoms with Gasteiger partial charge in [0.05, 0.1) is 19.8 Å². The van der Waals surface area contributed by atoms with Crippen LogP contribution < -0.4 is 9.80 Å². The average molecular weight is 497 g/mol. The van der Waals surface area contributed by atoms with Gasteiger partial charge in [-0.2, -0.15) is 13.2 Å². The molecule has 0 radical (unpaired) electrons. The summed E-state index contributed by atoms with van der Waals surface area (Å²) in [5.74, 6) is -3.42. The van der Waals surface area contributed by atoms with E-state index in [1.807, 2.05) is 11.0 Å². The molecule has 0 aliphatic carbocycles. The Labute approximate surface area is 201 Å². The molecule has 0 bridgehead atoms. The molecule has 3 rings (SSSR count). The van der Waals surface area contributed by atoms with E-state index in [0.717, 1.165) is 23.7 Å². The highest BCUT2D eigenvalue weighted by atomic mass is 19.4. The van der Waals surface area contributed by atoms with Crippen LogP contribution in [0.3, 0.4) is 0 Å². The number of benzene rings is 2. The van der Waals surface area contributed by atoms with Crippen molar-refractivity contribution < 1.29 is 37.0 Å². The Balaban J connectivity index is 1.92. The van der Waals surface area contributed by atoms with Gasteiger partial charge in [-0.15, -0.1) is 0 Å². The molecule has 35 heavy (non-hydrogen) atoms. The largest absolute Gasteiger partial charge is 0.471 e. The van der Waals surface area contributed by atoms with Crippen molar-refractivity contribution >= 4 is 23.3 Å². The summed E-state index contributed by atoms with van der Waals surface area (Å²) in [5.41, 5.74) is 2.04. The Bertz CT molecular complexity index is 1060. The highest BCUT2D eigenvalue weighted by Gasteiger charge is 2.43. The van der Waals surface area contributed by atoms with Gasteiger partial charge >= 0.3 is 18.1 Å². The maximum absolute atomic E-state index is 14.8. The molecule has 0 saturated heterocycles. The van der Waals surface area contributed by atoms with Gasteiger partial charge in [0.2, 0.25) is 0 Å². The molecule has 0 unspecified atom stereocenters. The van der Waals surface area contributed by atoms with E-state index < -0.39 is 30.4 Å². The van der Waals surface area contributed by atoms with Crippen molar-refractivity contribution in [1.82, 2.24) is 0 Å². The fourth-order valence-electron chi connectivity index (χ4n) is 4.25. The van der Waals surface area contributed by atoms with Crippen molar-refractivity contribution in [3.63, 3.8) is 0 Å². The van der Waals surface area contributed by atoms with Crippen LogP contribution in [0, 0.1) is 5.82 Å². The minimum Gasteiger partial charge on any atom is -0.466 e. The van der Waals surface area contributed by atoms with Gasteiger partial charge in [-0.3, -0.25) is 9.59 Å². The molecule has 10 heteroatoms. The third kappa shape index (κ3) is 6.50. The number of aliphatic hydroxyl groups excluding tert-OH is 1. The van der Waals surface area contributed by atoms with E-state index in [1.165, 1.54) is 12.1 Å². The number of β-amino-alcohol motifs (C(OH)–C–C–N with tert-alkyl or cyclic N) is 1. The summed E-state index contributed by atoms with van der Waals surface area (Å²) in [6, 6.07) is 8.60. The number of carbonyl (C=O) groups excluding carboxylic acids is 2. The van der Waals surface area contributed by atoms with Gasteiger partial charge in [-0.05, 0) is 61.1 Å². The van der Waals surface area contributed by atoms with Crippen molar-refractivity contribution in [2.24, 2.45) is 0 Å². The van der Waals surface area contributed by atoms with Crippen molar-refractivity contribution in [2.45, 2.75) is 45.3 Å². The Morgan fingerprint density at radius 2 is 1.94 bits per heavy atom. The van der Waals surface area contributed by atoms with Gasteiger partial charge in [-0.25, -0.2) is 4.39 Å². The van der Waals surface area contributed by atoms with Crippen LogP contribution in [0.5, 0.6) is 0 Å². The first-order valence-corrected chi connectivity index (χ1v) is 11.4. The number of ether oxygens (including phenoxy) is 1. The summed E-state index contributed by atoms with van der Waals surface area (Å²) in [5, 5.41) is 9.33. The molecule has 0 fully saturated rings. The molecule has 0 saturated carbocycles. The quantitative estimate of drug-likeness (QED) is 0.417. The summed E-state index contributed by atoms with van der Waals surface area (Å²) >= 11 is 0. The van der Waals surface area contributed by atoms with Crippen LogP contribution in [-0.2, 0) is 33.7 Å². The summed E-state index contributed by atoms with van der Waals surface area (Å²) in [7, 11) is 0. The topological polar surface area (TPSA) is 70.1 Å². The Morgan fingerprint density at radius 3 is 2.60 bits per heavy atom. The second kappa shape index (κ2) is 11.5. The van der Waals surface area contributed by atoms with Crippen LogP contribution in [0.25, 0.3) is 0 Å². The summed E-state index contributed by atoms with van der Waals surface area (Å²) in [6.07, 6.45) is -3.85. The number of carbonyl (C=O) groups is 2. The van der Waals surface area contributed by atoms with E-state index in [-0.39, 0.29) is 37.3 Å². The highest BCUT2D eigenvalue weighted by Crippen LogP contribution is 2.33. The third-order valence-electron chi connectivity index (χ3n) is 5.88. The van der Waals surface area contributed by atoms with Crippen molar-refractivity contribution in [2.75, 3.05) is 36.1 Å². The number of esters is 1. The number of halogens is 4. The molecule has 2 aromatic rings. The SMILES string of the molecule is CCOC(=O)CCc1ccc(N(Cc2cccc3c2CCCN3CCO)C(=O)C(F)(F)F)cc1F. The second-order valence-corrected chi connectivity index (χ2v) is 8.20. The summed E-state index contributed by atoms with van der Waals surface area (Å²) in [4.78, 5) is 26.4. The second-order valence-electron chi connectivity index (χ2n) is 8.20. The lowest BCUT2D eigenvalue weighted by molar-refractivity contribution is -0.170. The Hall–Kier alpha value is -3.14. The predicted molar refractivity (Wildman–Crippen MR) is 123 cm³/mol. The van der Waals surface area contributed by atoms with Crippen molar-refractivity contribution in [3.8, 4) is 0 Å². The van der Waals surface area contributed by atoms with E-state index in [4.69, 9.17) is 4.74 Å². The van der Waals surface area contributed by atoms with Gasteiger partial charge in [0, 0.05) is 30.9 Å². The number of nitrogens with zero attached hydrogens (tertiary/aromatic N) is 2. The van der Waals surface area contributed by atoms with E-state index in [2.05, 4.69) is 0 Å². The van der Waals surface area contributed by atoms with Crippen LogP contribution in [0.1, 0.15) is 36.5 Å². The molecule has 190 valence electrons. The molecule has 1 heterocycles. The lowest BCUT2D eigenvalue weighted by atomic mass is 9.95. The van der Waals surface area contributed by atoms with E-state index in [0.29, 0.717) is 30.0 Å². The molecule has 1 aliphatic heterocycles. The number of hydrogen-bond acceptors (Lipinski definition) is 5. The first-order valence-electron chi connectivity index (χ1n) is 11.4. The van der Waals surface area contributed by atoms with Crippen LogP contribution >= 0.6 is 0 Å². The minimum absolute atomic E-state index is 0.0189. The molecular weight excluding hydrogens is 468 g/mol. The number of rotatable bonds is 9. The predicted octanol–water partition coefficient (Wildman–Crippen LogP) is 4.16. The Kier molecular flexibility index (Phi) is 8.71. The smallest absolute Gasteiger partial charge is 0.466 e. The lowest BCUT2D eigenvalue weighted by Gasteiger charge is -2.33. The van der Waals surface area contributed by atoms with Gasteiger partial charge in [-0.1, -0.05) is 18.2 Å². The third-order valence-corrected chi connectivity index (χ3v) is 5.88. The number of aliphatic hydroxyl groups is 1. The van der Waals surface area contributed by atoms with E-state index in [9.17, 15) is 32.3 Å². The van der Waals surface area contributed by atoms with Gasteiger partial charge in [0.1, 0.15) is 5.82 Å².